The molecule has 2 heterocycles. The molecule has 1 aromatic rings. The van der Waals surface area contributed by atoms with Crippen LogP contribution in [-0.2, 0) is 6.54 Å². The van der Waals surface area contributed by atoms with Crippen LogP contribution in [0.4, 0.5) is 0 Å². The number of likely N-dealkylation sites (N-methyl/N-ethyl adjacent to an activating group) is 1. The first kappa shape index (κ1) is 14.4. The number of rotatable bonds is 4. The lowest BCUT2D eigenvalue weighted by molar-refractivity contribution is -0.0251. The predicted molar refractivity (Wildman–Crippen MR) is 78.8 cm³/mol. The number of hydrogen-bond acceptors (Lipinski definition) is 4. The second-order valence-electron chi connectivity index (χ2n) is 6.19. The van der Waals surface area contributed by atoms with Crippen molar-refractivity contribution in [1.29, 1.82) is 0 Å². The minimum Gasteiger partial charge on any atom is -0.330 e. The molecule has 19 heavy (non-hydrogen) atoms. The first-order chi connectivity index (χ1) is 9.03. The Hall–Kier alpha value is -0.970. The number of hydrogen-bond donors (Lipinski definition) is 1. The van der Waals surface area contributed by atoms with Crippen molar-refractivity contribution in [2.24, 2.45) is 5.73 Å². The summed E-state index contributed by atoms with van der Waals surface area (Å²) in [6.07, 6.45) is 2.91. The van der Waals surface area contributed by atoms with Gasteiger partial charge < -0.3 is 10.6 Å². The Morgan fingerprint density at radius 1 is 1.42 bits per heavy atom. The summed E-state index contributed by atoms with van der Waals surface area (Å²) in [6.45, 7) is 8.46. The molecule has 0 bridgehead atoms. The molecule has 1 fully saturated rings. The number of pyridine rings is 1. The van der Waals surface area contributed by atoms with E-state index in [-0.39, 0.29) is 5.54 Å². The highest BCUT2D eigenvalue weighted by Crippen LogP contribution is 2.27. The van der Waals surface area contributed by atoms with E-state index in [2.05, 4.69) is 47.8 Å². The van der Waals surface area contributed by atoms with Crippen LogP contribution in [0.1, 0.15) is 26.0 Å². The molecule has 1 saturated heterocycles. The fourth-order valence-electron chi connectivity index (χ4n) is 3.22. The average Bonchev–Trinajstić information content (AvgIpc) is 2.34. The Bertz CT molecular complexity index is 390. The van der Waals surface area contributed by atoms with Crippen molar-refractivity contribution in [2.45, 2.75) is 38.4 Å². The lowest BCUT2D eigenvalue weighted by Crippen LogP contribution is -2.62. The number of nitrogens with two attached hydrogens (primary N) is 1. The molecule has 4 heteroatoms. The Balaban J connectivity index is 2.17. The molecule has 1 atom stereocenters. The zero-order valence-electron chi connectivity index (χ0n) is 12.3. The van der Waals surface area contributed by atoms with E-state index in [1.54, 1.807) is 0 Å². The summed E-state index contributed by atoms with van der Waals surface area (Å²) in [6, 6.07) is 6.65. The van der Waals surface area contributed by atoms with E-state index in [1.165, 1.54) is 0 Å². The van der Waals surface area contributed by atoms with Crippen molar-refractivity contribution in [3.05, 3.63) is 30.1 Å². The zero-order valence-corrected chi connectivity index (χ0v) is 12.3. The molecule has 1 unspecified atom stereocenters. The van der Waals surface area contributed by atoms with Gasteiger partial charge in [0.15, 0.2) is 0 Å². The topological polar surface area (TPSA) is 45.4 Å². The van der Waals surface area contributed by atoms with E-state index in [0.717, 1.165) is 38.3 Å². The van der Waals surface area contributed by atoms with Crippen LogP contribution < -0.4 is 5.73 Å². The third-order valence-electron chi connectivity index (χ3n) is 3.96. The minimum atomic E-state index is 0.157. The first-order valence-corrected chi connectivity index (χ1v) is 7.08. The van der Waals surface area contributed by atoms with Crippen LogP contribution in [0.2, 0.25) is 0 Å². The van der Waals surface area contributed by atoms with Crippen molar-refractivity contribution in [2.75, 3.05) is 26.7 Å². The maximum atomic E-state index is 5.79. The number of piperazine rings is 1. The summed E-state index contributed by atoms with van der Waals surface area (Å²) in [4.78, 5) is 9.45. The maximum Gasteiger partial charge on any atom is 0.0544 e. The van der Waals surface area contributed by atoms with Gasteiger partial charge in [0.25, 0.3) is 0 Å². The van der Waals surface area contributed by atoms with Crippen LogP contribution in [0.25, 0.3) is 0 Å². The van der Waals surface area contributed by atoms with Gasteiger partial charge in [0.1, 0.15) is 0 Å². The van der Waals surface area contributed by atoms with Crippen molar-refractivity contribution >= 4 is 0 Å². The zero-order chi connectivity index (χ0) is 13.9. The lowest BCUT2D eigenvalue weighted by atomic mass is 9.93. The fourth-order valence-corrected chi connectivity index (χ4v) is 3.22. The maximum absolute atomic E-state index is 5.79. The molecule has 2 rings (SSSR count). The van der Waals surface area contributed by atoms with Crippen LogP contribution in [0.5, 0.6) is 0 Å². The molecular weight excluding hydrogens is 236 g/mol. The molecule has 0 aliphatic carbocycles. The second kappa shape index (κ2) is 5.99. The molecule has 1 aromatic heterocycles. The Labute approximate surface area is 116 Å². The average molecular weight is 262 g/mol. The van der Waals surface area contributed by atoms with Gasteiger partial charge >= 0.3 is 0 Å². The standard InChI is InChI=1S/C15H26N4/c1-15(2)12-18(3)11-14(7-8-16)19(15)10-13-6-4-5-9-17-13/h4-6,9,14H,7-8,10-12,16H2,1-3H3. The van der Waals surface area contributed by atoms with E-state index < -0.39 is 0 Å². The third kappa shape index (κ3) is 3.53. The van der Waals surface area contributed by atoms with Gasteiger partial charge in [-0.15, -0.1) is 0 Å². The fraction of sp³-hybridized carbons (Fsp3) is 0.667. The van der Waals surface area contributed by atoms with Crippen molar-refractivity contribution < 1.29 is 0 Å². The molecule has 0 amide bonds. The normalized spacial score (nSPS) is 24.5. The Morgan fingerprint density at radius 2 is 2.21 bits per heavy atom. The van der Waals surface area contributed by atoms with E-state index in [4.69, 9.17) is 5.73 Å². The first-order valence-electron chi connectivity index (χ1n) is 7.08. The summed E-state index contributed by atoms with van der Waals surface area (Å²) in [5, 5.41) is 0. The summed E-state index contributed by atoms with van der Waals surface area (Å²) in [7, 11) is 2.20. The second-order valence-corrected chi connectivity index (χ2v) is 6.19. The van der Waals surface area contributed by atoms with Crippen LogP contribution in [-0.4, -0.2) is 53.0 Å². The number of nitrogens with zero attached hydrogens (tertiary/aromatic N) is 3. The molecule has 1 aliphatic rings. The van der Waals surface area contributed by atoms with Crippen LogP contribution in [0.3, 0.4) is 0 Å². The molecule has 0 saturated carbocycles. The molecular formula is C15H26N4. The van der Waals surface area contributed by atoms with Gasteiger partial charge in [-0.3, -0.25) is 9.88 Å². The molecule has 0 spiro atoms. The molecule has 4 nitrogen and oxygen atoms in total. The minimum absolute atomic E-state index is 0.157. The van der Waals surface area contributed by atoms with Crippen molar-refractivity contribution in [3.63, 3.8) is 0 Å². The highest BCUT2D eigenvalue weighted by molar-refractivity contribution is 5.06. The highest BCUT2D eigenvalue weighted by atomic mass is 15.3. The monoisotopic (exact) mass is 262 g/mol. The molecule has 0 radical (unpaired) electrons. The SMILES string of the molecule is CN1CC(CCN)N(Cc2ccccn2)C(C)(C)C1. The van der Waals surface area contributed by atoms with E-state index in [9.17, 15) is 0 Å². The van der Waals surface area contributed by atoms with Gasteiger partial charge in [-0.2, -0.15) is 0 Å². The van der Waals surface area contributed by atoms with Gasteiger partial charge in [-0.05, 0) is 46.0 Å². The predicted octanol–water partition coefficient (Wildman–Crippen LogP) is 1.32. The van der Waals surface area contributed by atoms with Gasteiger partial charge in [0.05, 0.1) is 5.69 Å². The van der Waals surface area contributed by atoms with Crippen LogP contribution in [0, 0.1) is 0 Å². The van der Waals surface area contributed by atoms with Gasteiger partial charge in [0, 0.05) is 37.4 Å². The Kier molecular flexibility index (Phi) is 4.55. The highest BCUT2D eigenvalue weighted by Gasteiger charge is 2.38. The molecule has 106 valence electrons. The lowest BCUT2D eigenvalue weighted by Gasteiger charge is -2.51. The Morgan fingerprint density at radius 3 is 2.84 bits per heavy atom. The molecule has 2 N–H and O–H groups in total. The number of aromatic nitrogens is 1. The molecule has 1 aliphatic heterocycles. The smallest absolute Gasteiger partial charge is 0.0544 e. The third-order valence-corrected chi connectivity index (χ3v) is 3.96. The van der Waals surface area contributed by atoms with E-state index >= 15 is 0 Å². The van der Waals surface area contributed by atoms with E-state index in [0.29, 0.717) is 6.04 Å². The summed E-state index contributed by atoms with van der Waals surface area (Å²) < 4.78 is 0. The van der Waals surface area contributed by atoms with Crippen molar-refractivity contribution in [3.8, 4) is 0 Å². The largest absolute Gasteiger partial charge is 0.330 e. The summed E-state index contributed by atoms with van der Waals surface area (Å²) in [5.41, 5.74) is 7.09. The quantitative estimate of drug-likeness (QED) is 0.889. The summed E-state index contributed by atoms with van der Waals surface area (Å²) in [5.74, 6) is 0. The van der Waals surface area contributed by atoms with Crippen LogP contribution >= 0.6 is 0 Å². The van der Waals surface area contributed by atoms with Crippen molar-refractivity contribution in [1.82, 2.24) is 14.8 Å². The van der Waals surface area contributed by atoms with Gasteiger partial charge in [-0.1, -0.05) is 6.07 Å². The van der Waals surface area contributed by atoms with E-state index in [1.807, 2.05) is 12.3 Å². The molecule has 0 aromatic carbocycles. The summed E-state index contributed by atoms with van der Waals surface area (Å²) >= 11 is 0. The van der Waals surface area contributed by atoms with Gasteiger partial charge in [0.2, 0.25) is 0 Å². The van der Waals surface area contributed by atoms with Crippen LogP contribution in [0.15, 0.2) is 24.4 Å². The van der Waals surface area contributed by atoms with Gasteiger partial charge in [-0.25, -0.2) is 0 Å².